The van der Waals surface area contributed by atoms with Gasteiger partial charge in [-0.05, 0) is 24.5 Å². The molecule has 2 heteroatoms. The summed E-state index contributed by atoms with van der Waals surface area (Å²) in [6.07, 6.45) is 2.11. The van der Waals surface area contributed by atoms with E-state index in [0.717, 1.165) is 30.5 Å². The average Bonchev–Trinajstić information content (AvgIpc) is 2.45. The quantitative estimate of drug-likeness (QED) is 0.560. The summed E-state index contributed by atoms with van der Waals surface area (Å²) in [7, 11) is 0. The van der Waals surface area contributed by atoms with Gasteiger partial charge < -0.3 is 4.74 Å². The number of ether oxygens (including phenoxy) is 1. The maximum Gasteiger partial charge on any atom is 0.123 e. The van der Waals surface area contributed by atoms with E-state index in [-0.39, 0.29) is 0 Å². The Morgan fingerprint density at radius 2 is 1.61 bits per heavy atom. The summed E-state index contributed by atoms with van der Waals surface area (Å²) < 4.78 is 5.82. The second-order valence-electron chi connectivity index (χ2n) is 4.18. The van der Waals surface area contributed by atoms with Crippen LogP contribution >= 0.6 is 15.9 Å². The van der Waals surface area contributed by atoms with Crippen LogP contribution in [0.1, 0.15) is 17.5 Å². The first-order chi connectivity index (χ1) is 8.90. The molecular formula is C16H17BrO. The van der Waals surface area contributed by atoms with Crippen molar-refractivity contribution < 1.29 is 4.74 Å². The molecule has 0 aliphatic carbocycles. The Balaban J connectivity index is 1.78. The van der Waals surface area contributed by atoms with E-state index in [1.807, 2.05) is 24.3 Å². The molecule has 0 bridgehead atoms. The van der Waals surface area contributed by atoms with Crippen molar-refractivity contribution >= 4 is 15.9 Å². The van der Waals surface area contributed by atoms with Crippen molar-refractivity contribution in [1.82, 2.24) is 0 Å². The molecule has 0 aliphatic heterocycles. The molecule has 0 saturated heterocycles. The number of hydrogen-bond acceptors (Lipinski definition) is 1. The van der Waals surface area contributed by atoms with Crippen LogP contribution < -0.4 is 4.74 Å². The normalized spacial score (nSPS) is 10.3. The molecule has 0 atom stereocenters. The third-order valence-corrected chi connectivity index (χ3v) is 3.43. The fourth-order valence-corrected chi connectivity index (χ4v) is 2.32. The van der Waals surface area contributed by atoms with Gasteiger partial charge in [0.05, 0.1) is 6.61 Å². The molecule has 2 rings (SSSR count). The summed E-state index contributed by atoms with van der Waals surface area (Å²) >= 11 is 3.47. The Morgan fingerprint density at radius 1 is 0.889 bits per heavy atom. The van der Waals surface area contributed by atoms with Gasteiger partial charge in [-0.25, -0.2) is 0 Å². The van der Waals surface area contributed by atoms with Gasteiger partial charge in [0.1, 0.15) is 5.75 Å². The van der Waals surface area contributed by atoms with E-state index in [2.05, 4.69) is 46.3 Å². The van der Waals surface area contributed by atoms with Crippen molar-refractivity contribution in [2.75, 3.05) is 6.61 Å². The van der Waals surface area contributed by atoms with E-state index >= 15 is 0 Å². The van der Waals surface area contributed by atoms with Crippen LogP contribution in [-0.4, -0.2) is 6.61 Å². The van der Waals surface area contributed by atoms with E-state index in [4.69, 9.17) is 4.74 Å². The topological polar surface area (TPSA) is 9.23 Å². The molecule has 0 aromatic heterocycles. The lowest BCUT2D eigenvalue weighted by Gasteiger charge is -2.09. The Labute approximate surface area is 117 Å². The molecule has 2 aromatic rings. The fourth-order valence-electron chi connectivity index (χ4n) is 1.86. The first-order valence-electron chi connectivity index (χ1n) is 6.21. The van der Waals surface area contributed by atoms with Crippen LogP contribution in [0.2, 0.25) is 0 Å². The van der Waals surface area contributed by atoms with Gasteiger partial charge in [0.2, 0.25) is 0 Å². The van der Waals surface area contributed by atoms with Crippen LogP contribution in [0.4, 0.5) is 0 Å². The lowest BCUT2D eigenvalue weighted by Crippen LogP contribution is -2.01. The van der Waals surface area contributed by atoms with Crippen molar-refractivity contribution in [3.05, 3.63) is 65.7 Å². The van der Waals surface area contributed by atoms with Gasteiger partial charge in [-0.15, -0.1) is 0 Å². The molecule has 94 valence electrons. The van der Waals surface area contributed by atoms with Crippen molar-refractivity contribution in [1.29, 1.82) is 0 Å². The van der Waals surface area contributed by atoms with Gasteiger partial charge >= 0.3 is 0 Å². The van der Waals surface area contributed by atoms with Crippen molar-refractivity contribution in [2.45, 2.75) is 18.2 Å². The molecule has 0 unspecified atom stereocenters. The van der Waals surface area contributed by atoms with Crippen molar-refractivity contribution in [2.24, 2.45) is 0 Å². The van der Waals surface area contributed by atoms with Gasteiger partial charge in [0.25, 0.3) is 0 Å². The molecule has 0 spiro atoms. The highest BCUT2D eigenvalue weighted by Crippen LogP contribution is 2.20. The van der Waals surface area contributed by atoms with E-state index in [1.54, 1.807) is 0 Å². The van der Waals surface area contributed by atoms with Crippen LogP contribution in [-0.2, 0) is 11.8 Å². The smallest absolute Gasteiger partial charge is 0.123 e. The van der Waals surface area contributed by atoms with Crippen molar-refractivity contribution in [3.63, 3.8) is 0 Å². The van der Waals surface area contributed by atoms with Crippen LogP contribution in [0.3, 0.4) is 0 Å². The Bertz CT molecular complexity index is 468. The third-order valence-electron chi connectivity index (χ3n) is 2.83. The molecule has 0 saturated carbocycles. The summed E-state index contributed by atoms with van der Waals surface area (Å²) in [5.74, 6) is 0.988. The largest absolute Gasteiger partial charge is 0.493 e. The zero-order valence-corrected chi connectivity index (χ0v) is 11.9. The first-order valence-corrected chi connectivity index (χ1v) is 7.33. The second kappa shape index (κ2) is 7.22. The molecular weight excluding hydrogens is 288 g/mol. The number of rotatable bonds is 6. The van der Waals surface area contributed by atoms with Crippen LogP contribution in [0.15, 0.2) is 54.6 Å². The number of benzene rings is 2. The second-order valence-corrected chi connectivity index (χ2v) is 4.74. The lowest BCUT2D eigenvalue weighted by atomic mass is 10.1. The maximum atomic E-state index is 5.82. The molecule has 0 amide bonds. The van der Waals surface area contributed by atoms with Gasteiger partial charge in [0.15, 0.2) is 0 Å². The molecule has 0 radical (unpaired) electrons. The average molecular weight is 305 g/mol. The predicted octanol–water partition coefficient (Wildman–Crippen LogP) is 4.59. The summed E-state index contributed by atoms with van der Waals surface area (Å²) in [5, 5.41) is 0.835. The SMILES string of the molecule is BrCc1ccccc1OCCCc1ccccc1. The highest BCUT2D eigenvalue weighted by atomic mass is 79.9. The fraction of sp³-hybridized carbons (Fsp3) is 0.250. The molecule has 0 N–H and O–H groups in total. The zero-order valence-electron chi connectivity index (χ0n) is 10.3. The van der Waals surface area contributed by atoms with Gasteiger partial charge in [-0.2, -0.15) is 0 Å². The minimum Gasteiger partial charge on any atom is -0.493 e. The van der Waals surface area contributed by atoms with Gasteiger partial charge in [-0.3, -0.25) is 0 Å². The van der Waals surface area contributed by atoms with Gasteiger partial charge in [0, 0.05) is 10.9 Å². The standard InChI is InChI=1S/C16H17BrO/c17-13-15-10-4-5-11-16(15)18-12-6-9-14-7-2-1-3-8-14/h1-5,7-8,10-11H,6,9,12-13H2. The number of para-hydroxylation sites is 1. The minimum atomic E-state index is 0.763. The summed E-state index contributed by atoms with van der Waals surface area (Å²) in [6.45, 7) is 0.763. The van der Waals surface area contributed by atoms with E-state index in [1.165, 1.54) is 11.1 Å². The highest BCUT2D eigenvalue weighted by Gasteiger charge is 2.00. The number of aryl methyl sites for hydroxylation is 1. The predicted molar refractivity (Wildman–Crippen MR) is 79.3 cm³/mol. The van der Waals surface area contributed by atoms with E-state index < -0.39 is 0 Å². The van der Waals surface area contributed by atoms with E-state index in [0.29, 0.717) is 0 Å². The van der Waals surface area contributed by atoms with Crippen LogP contribution in [0.5, 0.6) is 5.75 Å². The number of halogens is 1. The molecule has 18 heavy (non-hydrogen) atoms. The van der Waals surface area contributed by atoms with Crippen molar-refractivity contribution in [3.8, 4) is 5.75 Å². The first kappa shape index (κ1) is 13.2. The van der Waals surface area contributed by atoms with Gasteiger partial charge in [-0.1, -0.05) is 64.5 Å². The minimum absolute atomic E-state index is 0.763. The summed E-state index contributed by atoms with van der Waals surface area (Å²) in [5.41, 5.74) is 2.58. The molecule has 2 aromatic carbocycles. The number of alkyl halides is 1. The van der Waals surface area contributed by atoms with E-state index in [9.17, 15) is 0 Å². The monoisotopic (exact) mass is 304 g/mol. The van der Waals surface area contributed by atoms with Crippen LogP contribution in [0.25, 0.3) is 0 Å². The Hall–Kier alpha value is -1.28. The molecule has 1 nitrogen and oxygen atoms in total. The number of hydrogen-bond donors (Lipinski definition) is 0. The molecule has 0 aliphatic rings. The zero-order chi connectivity index (χ0) is 12.6. The summed E-state index contributed by atoms with van der Waals surface area (Å²) in [4.78, 5) is 0. The highest BCUT2D eigenvalue weighted by molar-refractivity contribution is 9.08. The third kappa shape index (κ3) is 3.88. The molecule has 0 heterocycles. The Morgan fingerprint density at radius 3 is 2.39 bits per heavy atom. The lowest BCUT2D eigenvalue weighted by molar-refractivity contribution is 0.309. The molecule has 0 fully saturated rings. The maximum absolute atomic E-state index is 5.82. The van der Waals surface area contributed by atoms with Crippen LogP contribution in [0, 0.1) is 0 Å². The summed E-state index contributed by atoms with van der Waals surface area (Å²) in [6, 6.07) is 18.7. The Kier molecular flexibility index (Phi) is 5.28.